The Morgan fingerprint density at radius 2 is 2.00 bits per heavy atom. The fraction of sp³-hybridized carbons (Fsp3) is 0.571. The topological polar surface area (TPSA) is 0 Å². The molecule has 0 N–H and O–H groups in total. The normalized spacial score (nSPS) is 15.9. The van der Waals surface area contributed by atoms with Crippen molar-refractivity contribution < 1.29 is 0 Å². The van der Waals surface area contributed by atoms with Gasteiger partial charge in [-0.15, -0.1) is 6.58 Å². The molecule has 0 aliphatic heterocycles. The van der Waals surface area contributed by atoms with Gasteiger partial charge in [0.15, 0.2) is 0 Å². The van der Waals surface area contributed by atoms with Crippen LogP contribution in [0.4, 0.5) is 0 Å². The van der Waals surface area contributed by atoms with E-state index in [1.54, 1.807) is 0 Å². The molecule has 0 saturated heterocycles. The minimum Gasteiger partial charge on any atom is -0.103 e. The van der Waals surface area contributed by atoms with E-state index < -0.39 is 0 Å². The number of hydrogen-bond acceptors (Lipinski definition) is 0. The molecule has 0 aromatic carbocycles. The van der Waals surface area contributed by atoms with E-state index in [9.17, 15) is 0 Å². The molecular formula is C14H24. The van der Waals surface area contributed by atoms with E-state index in [0.717, 1.165) is 6.42 Å². The van der Waals surface area contributed by atoms with Gasteiger partial charge in [0, 0.05) is 0 Å². The molecule has 0 aromatic heterocycles. The van der Waals surface area contributed by atoms with Crippen molar-refractivity contribution in [2.24, 2.45) is 11.3 Å². The summed E-state index contributed by atoms with van der Waals surface area (Å²) in [6.45, 7) is 14.8. The maximum atomic E-state index is 3.75. The first-order chi connectivity index (χ1) is 6.44. The average Bonchev–Trinajstić information content (AvgIpc) is 2.04. The average molecular weight is 192 g/mol. The molecule has 0 nitrogen and oxygen atoms in total. The van der Waals surface area contributed by atoms with Gasteiger partial charge in [0.2, 0.25) is 0 Å². The summed E-state index contributed by atoms with van der Waals surface area (Å²) in [5.41, 5.74) is 1.65. The predicted molar refractivity (Wildman–Crippen MR) is 66.3 cm³/mol. The van der Waals surface area contributed by atoms with Crippen LogP contribution in [-0.2, 0) is 0 Å². The zero-order valence-electron chi connectivity index (χ0n) is 10.3. The largest absolute Gasteiger partial charge is 0.103 e. The van der Waals surface area contributed by atoms with Crippen LogP contribution < -0.4 is 0 Å². The Balaban J connectivity index is 4.53. The van der Waals surface area contributed by atoms with Crippen LogP contribution in [0.25, 0.3) is 0 Å². The fourth-order valence-corrected chi connectivity index (χ4v) is 1.52. The van der Waals surface area contributed by atoms with E-state index in [1.807, 2.05) is 6.08 Å². The van der Waals surface area contributed by atoms with Crippen molar-refractivity contribution in [3.8, 4) is 0 Å². The maximum absolute atomic E-state index is 3.75. The Bertz CT molecular complexity index is 228. The molecule has 0 aliphatic rings. The summed E-state index contributed by atoms with van der Waals surface area (Å²) in [4.78, 5) is 0. The van der Waals surface area contributed by atoms with Crippen molar-refractivity contribution in [2.45, 2.75) is 41.0 Å². The van der Waals surface area contributed by atoms with Crippen molar-refractivity contribution in [2.75, 3.05) is 0 Å². The number of hydrogen-bond donors (Lipinski definition) is 0. The van der Waals surface area contributed by atoms with E-state index in [0.29, 0.717) is 5.92 Å². The molecule has 0 amide bonds. The Kier molecular flexibility index (Phi) is 5.52. The van der Waals surface area contributed by atoms with Gasteiger partial charge in [-0.1, -0.05) is 50.6 Å². The van der Waals surface area contributed by atoms with Crippen LogP contribution in [0.2, 0.25) is 0 Å². The maximum Gasteiger partial charge on any atom is -0.0115 e. The predicted octanol–water partition coefficient (Wildman–Crippen LogP) is 4.75. The second kappa shape index (κ2) is 5.85. The highest BCUT2D eigenvalue weighted by Gasteiger charge is 2.20. The van der Waals surface area contributed by atoms with Crippen molar-refractivity contribution in [3.05, 3.63) is 36.5 Å². The van der Waals surface area contributed by atoms with Crippen LogP contribution >= 0.6 is 0 Å². The van der Waals surface area contributed by atoms with Gasteiger partial charge in [0.05, 0.1) is 0 Å². The van der Waals surface area contributed by atoms with E-state index in [1.165, 1.54) is 5.57 Å². The van der Waals surface area contributed by atoms with Gasteiger partial charge in [-0.3, -0.25) is 0 Å². The Morgan fingerprint density at radius 3 is 2.43 bits per heavy atom. The summed E-state index contributed by atoms with van der Waals surface area (Å²) in [6, 6.07) is 0. The molecule has 14 heavy (non-hydrogen) atoms. The Morgan fingerprint density at radius 1 is 1.43 bits per heavy atom. The lowest BCUT2D eigenvalue weighted by atomic mass is 9.78. The van der Waals surface area contributed by atoms with Gasteiger partial charge in [0.1, 0.15) is 0 Å². The van der Waals surface area contributed by atoms with Crippen LogP contribution in [0.1, 0.15) is 41.0 Å². The summed E-state index contributed by atoms with van der Waals surface area (Å²) >= 11 is 0. The SMILES string of the molecule is C=CC/C(C)=C/C(C)C(C)(C)/C=C/C. The summed E-state index contributed by atoms with van der Waals surface area (Å²) in [7, 11) is 0. The van der Waals surface area contributed by atoms with E-state index in [-0.39, 0.29) is 5.41 Å². The van der Waals surface area contributed by atoms with Gasteiger partial charge >= 0.3 is 0 Å². The van der Waals surface area contributed by atoms with Crippen molar-refractivity contribution in [1.82, 2.24) is 0 Å². The lowest BCUT2D eigenvalue weighted by Crippen LogP contribution is -2.17. The monoisotopic (exact) mass is 192 g/mol. The Labute approximate surface area is 89.4 Å². The zero-order chi connectivity index (χ0) is 11.2. The molecule has 0 saturated carbocycles. The summed E-state index contributed by atoms with van der Waals surface area (Å²) in [5, 5.41) is 0. The highest BCUT2D eigenvalue weighted by atomic mass is 14.2. The molecule has 1 unspecified atom stereocenters. The summed E-state index contributed by atoms with van der Waals surface area (Å²) in [5.74, 6) is 0.568. The molecule has 80 valence electrons. The van der Waals surface area contributed by atoms with Crippen LogP contribution in [0.5, 0.6) is 0 Å². The molecule has 0 aromatic rings. The lowest BCUT2D eigenvalue weighted by molar-refractivity contribution is 0.366. The summed E-state index contributed by atoms with van der Waals surface area (Å²) < 4.78 is 0. The van der Waals surface area contributed by atoms with Crippen molar-refractivity contribution in [3.63, 3.8) is 0 Å². The molecule has 0 spiro atoms. The second-order valence-electron chi connectivity index (χ2n) is 4.62. The van der Waals surface area contributed by atoms with Crippen molar-refractivity contribution in [1.29, 1.82) is 0 Å². The first-order valence-corrected chi connectivity index (χ1v) is 5.36. The second-order valence-corrected chi connectivity index (χ2v) is 4.62. The fourth-order valence-electron chi connectivity index (χ4n) is 1.52. The minimum atomic E-state index is 0.247. The standard InChI is InChI=1S/C14H24/c1-7-9-12(3)11-13(4)14(5,6)10-8-2/h7-8,10-11,13H,1,9H2,2-6H3/b10-8+,12-11+. The van der Waals surface area contributed by atoms with Gasteiger partial charge in [-0.2, -0.15) is 0 Å². The van der Waals surface area contributed by atoms with Gasteiger partial charge in [-0.05, 0) is 31.6 Å². The quantitative estimate of drug-likeness (QED) is 0.551. The van der Waals surface area contributed by atoms with Crippen LogP contribution in [0, 0.1) is 11.3 Å². The van der Waals surface area contributed by atoms with Gasteiger partial charge in [0.25, 0.3) is 0 Å². The molecule has 0 fully saturated rings. The third-order valence-electron chi connectivity index (χ3n) is 2.77. The molecule has 0 aliphatic carbocycles. The first-order valence-electron chi connectivity index (χ1n) is 5.36. The summed E-state index contributed by atoms with van der Waals surface area (Å²) in [6.07, 6.45) is 9.71. The zero-order valence-corrected chi connectivity index (χ0v) is 10.3. The van der Waals surface area contributed by atoms with Crippen molar-refractivity contribution >= 4 is 0 Å². The van der Waals surface area contributed by atoms with Gasteiger partial charge in [-0.25, -0.2) is 0 Å². The molecule has 0 heteroatoms. The van der Waals surface area contributed by atoms with E-state index >= 15 is 0 Å². The van der Waals surface area contributed by atoms with Crippen LogP contribution in [0.3, 0.4) is 0 Å². The highest BCUT2D eigenvalue weighted by molar-refractivity contribution is 5.10. The molecule has 0 bridgehead atoms. The number of allylic oxidation sites excluding steroid dienone is 5. The van der Waals surface area contributed by atoms with E-state index in [2.05, 4.69) is 59.4 Å². The van der Waals surface area contributed by atoms with Crippen LogP contribution in [0.15, 0.2) is 36.5 Å². The van der Waals surface area contributed by atoms with E-state index in [4.69, 9.17) is 0 Å². The van der Waals surface area contributed by atoms with Gasteiger partial charge < -0.3 is 0 Å². The molecule has 0 radical (unpaired) electrons. The Hall–Kier alpha value is -0.780. The molecule has 0 heterocycles. The third-order valence-corrected chi connectivity index (χ3v) is 2.77. The molecular weight excluding hydrogens is 168 g/mol. The third kappa shape index (κ3) is 4.45. The lowest BCUT2D eigenvalue weighted by Gasteiger charge is -2.26. The molecule has 0 rings (SSSR count). The van der Waals surface area contributed by atoms with Crippen LogP contribution in [-0.4, -0.2) is 0 Å². The minimum absolute atomic E-state index is 0.247. The highest BCUT2D eigenvalue weighted by Crippen LogP contribution is 2.30. The number of rotatable bonds is 5. The molecule has 1 atom stereocenters. The first kappa shape index (κ1) is 13.2. The smallest absolute Gasteiger partial charge is 0.0115 e.